The molecule has 6 atom stereocenters. The second-order valence-corrected chi connectivity index (χ2v) is 15.0. The maximum Gasteiger partial charge on any atom is 0.460 e. The fraction of sp³-hybridized carbons (Fsp3) is 0.606. The summed E-state index contributed by atoms with van der Waals surface area (Å²) in [6.45, 7) is 6.82. The van der Waals surface area contributed by atoms with E-state index in [0.717, 1.165) is 21.4 Å². The molecule has 5 heterocycles. The molecule has 10 nitrogen and oxygen atoms in total. The zero-order valence-electron chi connectivity index (χ0n) is 26.9. The maximum atomic E-state index is 14.7. The highest BCUT2D eigenvalue weighted by atomic mass is 79.9. The number of ether oxygens (including phenoxy) is 1. The highest BCUT2D eigenvalue weighted by Gasteiger charge is 2.72. The number of halogens is 4. The van der Waals surface area contributed by atoms with Crippen LogP contribution >= 0.6 is 15.9 Å². The Bertz CT molecular complexity index is 1720. The summed E-state index contributed by atoms with van der Waals surface area (Å²) in [5.74, 6) is -6.15. The van der Waals surface area contributed by atoms with Crippen molar-refractivity contribution in [3.8, 4) is 0 Å². The molecule has 0 bridgehead atoms. The van der Waals surface area contributed by atoms with Gasteiger partial charge in [-0.05, 0) is 70.3 Å². The molecule has 4 aliphatic heterocycles. The number of alkyl halides is 3. The van der Waals surface area contributed by atoms with E-state index in [1.54, 1.807) is 37.0 Å². The van der Waals surface area contributed by atoms with Gasteiger partial charge in [0, 0.05) is 43.0 Å². The van der Waals surface area contributed by atoms with E-state index in [1.807, 2.05) is 31.5 Å². The molecule has 1 aliphatic carbocycles. The van der Waals surface area contributed by atoms with Gasteiger partial charge in [0.2, 0.25) is 17.5 Å². The molecule has 0 spiro atoms. The minimum absolute atomic E-state index is 0.00958. The van der Waals surface area contributed by atoms with Crippen LogP contribution in [0.3, 0.4) is 0 Å². The summed E-state index contributed by atoms with van der Waals surface area (Å²) in [5.41, 5.74) is 0.535. The van der Waals surface area contributed by atoms with Crippen molar-refractivity contribution in [1.29, 1.82) is 0 Å². The van der Waals surface area contributed by atoms with Crippen molar-refractivity contribution in [3.05, 3.63) is 40.0 Å². The molecule has 2 aromatic rings. The van der Waals surface area contributed by atoms with Crippen molar-refractivity contribution >= 4 is 50.1 Å². The molecule has 254 valence electrons. The number of piperazine rings is 1. The largest absolute Gasteiger partial charge is 0.460 e. The zero-order chi connectivity index (χ0) is 34.0. The van der Waals surface area contributed by atoms with E-state index in [4.69, 9.17) is 4.74 Å². The van der Waals surface area contributed by atoms with E-state index in [-0.39, 0.29) is 24.7 Å². The minimum atomic E-state index is -4.75. The number of aromatic nitrogens is 1. The molecule has 2 N–H and O–H groups in total. The van der Waals surface area contributed by atoms with Crippen LogP contribution in [0.2, 0.25) is 0 Å². The molecule has 14 heteroatoms. The van der Waals surface area contributed by atoms with Gasteiger partial charge in [0.25, 0.3) is 11.8 Å². The molecular formula is C33H39BrF3N5O5. The van der Waals surface area contributed by atoms with Crippen LogP contribution in [-0.4, -0.2) is 91.2 Å². The predicted octanol–water partition coefficient (Wildman–Crippen LogP) is 4.09. The van der Waals surface area contributed by atoms with E-state index in [0.29, 0.717) is 40.0 Å². The van der Waals surface area contributed by atoms with E-state index in [2.05, 4.69) is 21.2 Å². The third-order valence-corrected chi connectivity index (χ3v) is 11.7. The predicted molar refractivity (Wildman–Crippen MR) is 169 cm³/mol. The van der Waals surface area contributed by atoms with E-state index < -0.39 is 66.3 Å². The van der Waals surface area contributed by atoms with Crippen LogP contribution in [0.4, 0.5) is 13.2 Å². The molecule has 47 heavy (non-hydrogen) atoms. The Kier molecular flexibility index (Phi) is 7.48. The Labute approximate surface area is 279 Å². The highest BCUT2D eigenvalue weighted by Crippen LogP contribution is 2.50. The van der Waals surface area contributed by atoms with Gasteiger partial charge in [-0.15, -0.1) is 0 Å². The van der Waals surface area contributed by atoms with Gasteiger partial charge in [0.05, 0.1) is 10.5 Å². The minimum Gasteiger partial charge on any atom is -0.347 e. The van der Waals surface area contributed by atoms with Crippen molar-refractivity contribution in [3.63, 3.8) is 0 Å². The lowest BCUT2D eigenvalue weighted by Crippen LogP contribution is -2.71. The lowest BCUT2D eigenvalue weighted by molar-refractivity contribution is -0.322. The Hall–Kier alpha value is -2.94. The summed E-state index contributed by atoms with van der Waals surface area (Å²) in [6.07, 6.45) is -1.81. The van der Waals surface area contributed by atoms with Crippen molar-refractivity contribution < 1.29 is 37.4 Å². The maximum absolute atomic E-state index is 14.7. The number of hydrogen-bond acceptors (Lipinski definition) is 6. The first kappa shape index (κ1) is 32.6. The first-order valence-corrected chi connectivity index (χ1v) is 17.0. The lowest BCUT2D eigenvalue weighted by atomic mass is 9.79. The van der Waals surface area contributed by atoms with Gasteiger partial charge in [0.1, 0.15) is 12.1 Å². The summed E-state index contributed by atoms with van der Waals surface area (Å²) < 4.78 is 53.1. The number of nitrogens with one attached hydrogen (secondary N) is 1. The van der Waals surface area contributed by atoms with Crippen LogP contribution in [-0.2, 0) is 32.6 Å². The summed E-state index contributed by atoms with van der Waals surface area (Å²) in [5, 5.41) is 15.7. The average molecular weight is 723 g/mol. The summed E-state index contributed by atoms with van der Waals surface area (Å²) >= 11 is 3.57. The van der Waals surface area contributed by atoms with E-state index >= 15 is 0 Å². The number of fused-ring (bicyclic) bond motifs is 5. The normalized spacial score (nSPS) is 32.3. The van der Waals surface area contributed by atoms with Gasteiger partial charge < -0.3 is 19.9 Å². The Morgan fingerprint density at radius 3 is 2.60 bits per heavy atom. The second kappa shape index (κ2) is 10.8. The zero-order valence-corrected chi connectivity index (χ0v) is 28.5. The monoisotopic (exact) mass is 721 g/mol. The number of benzene rings is 1. The molecule has 3 fully saturated rings. The molecule has 3 amide bonds. The summed E-state index contributed by atoms with van der Waals surface area (Å²) in [4.78, 5) is 45.3. The van der Waals surface area contributed by atoms with Gasteiger partial charge in [-0.2, -0.15) is 13.2 Å². The highest BCUT2D eigenvalue weighted by molar-refractivity contribution is 9.10. The standard InChI is InChI=1S/C33H39BrF3N5O5/c1-16(2)12-24-29(44)40-11-7-10-25(40)32(46)42(24)30(45)31(47-32,17(3)4)38-28(43)18-13-20-19-8-6-9-22-26(19)21(27(34)39(22)5)14-23(20)41(15-18)33(35,36)37/h6,8-9,13,16-18,23-25,46H,7,10-12,14-15H2,1-5H3,(H,38,43)/t18-,23-,24+,25+,31-,32+/m1/s1. The first-order chi connectivity index (χ1) is 22.0. The molecule has 7 rings (SSSR count). The van der Waals surface area contributed by atoms with Crippen LogP contribution in [0.5, 0.6) is 0 Å². The van der Waals surface area contributed by atoms with Crippen LogP contribution in [0.15, 0.2) is 28.9 Å². The van der Waals surface area contributed by atoms with Crippen molar-refractivity contribution in [2.75, 3.05) is 13.1 Å². The smallest absolute Gasteiger partial charge is 0.347 e. The summed E-state index contributed by atoms with van der Waals surface area (Å²) in [6, 6.07) is 2.57. The number of aryl methyl sites for hydroxylation is 1. The Balaban J connectivity index is 1.29. The number of carbonyl (C=O) groups excluding carboxylic acids is 3. The number of amides is 3. The third kappa shape index (κ3) is 4.57. The van der Waals surface area contributed by atoms with Gasteiger partial charge in [0.15, 0.2) is 0 Å². The van der Waals surface area contributed by atoms with E-state index in [1.165, 1.54) is 0 Å². The first-order valence-electron chi connectivity index (χ1n) is 16.2. The molecule has 3 saturated heterocycles. The van der Waals surface area contributed by atoms with Crippen LogP contribution in [0, 0.1) is 17.8 Å². The quantitative estimate of drug-likeness (QED) is 0.451. The van der Waals surface area contributed by atoms with Crippen molar-refractivity contribution in [2.45, 2.75) is 89.4 Å². The molecule has 0 radical (unpaired) electrons. The number of aliphatic hydroxyl groups is 1. The van der Waals surface area contributed by atoms with Crippen molar-refractivity contribution in [2.24, 2.45) is 24.8 Å². The molecule has 5 aliphatic rings. The Morgan fingerprint density at radius 2 is 1.94 bits per heavy atom. The second-order valence-electron chi connectivity index (χ2n) is 14.2. The summed E-state index contributed by atoms with van der Waals surface area (Å²) in [7, 11) is 1.84. The number of carbonyl (C=O) groups is 3. The molecule has 0 unspecified atom stereocenters. The van der Waals surface area contributed by atoms with E-state index in [9.17, 15) is 32.7 Å². The van der Waals surface area contributed by atoms with Crippen LogP contribution in [0.25, 0.3) is 16.5 Å². The van der Waals surface area contributed by atoms with Gasteiger partial charge in [-0.1, -0.05) is 45.9 Å². The van der Waals surface area contributed by atoms with Gasteiger partial charge in [-0.25, -0.2) is 4.90 Å². The number of hydrogen-bond donors (Lipinski definition) is 2. The third-order valence-electron chi connectivity index (χ3n) is 10.7. The molecular weight excluding hydrogens is 683 g/mol. The number of rotatable bonds is 5. The average Bonchev–Trinajstić information content (AvgIpc) is 3.66. The van der Waals surface area contributed by atoms with Crippen LogP contribution in [0.1, 0.15) is 58.1 Å². The fourth-order valence-electron chi connectivity index (χ4n) is 8.47. The van der Waals surface area contributed by atoms with Gasteiger partial charge >= 0.3 is 6.30 Å². The lowest BCUT2D eigenvalue weighted by Gasteiger charge is -2.49. The Morgan fingerprint density at radius 1 is 1.21 bits per heavy atom. The fourth-order valence-corrected chi connectivity index (χ4v) is 9.02. The SMILES string of the molecule is CC(C)C[C@H]1C(=O)N2CCC[C@H]2[C@]2(O)O[C@](NC(=O)[C@@H]3C=C4c5cccc6c5c(c(Br)n6C)C[C@H]4N(C(F)(F)F)C3)(C(C)C)C(=O)N12. The van der Waals surface area contributed by atoms with Gasteiger partial charge in [-0.3, -0.25) is 24.0 Å². The topological polar surface area (TPSA) is 107 Å². The van der Waals surface area contributed by atoms with Crippen molar-refractivity contribution in [1.82, 2.24) is 24.6 Å². The molecule has 1 aromatic heterocycles. The van der Waals surface area contributed by atoms with Crippen LogP contribution < -0.4 is 5.32 Å². The molecule has 1 aromatic carbocycles. The molecule has 0 saturated carbocycles. The number of nitrogens with zero attached hydrogens (tertiary/aromatic N) is 4.